The number of para-hydroxylation sites is 1. The van der Waals surface area contributed by atoms with Gasteiger partial charge in [-0.15, -0.1) is 11.3 Å². The van der Waals surface area contributed by atoms with Crippen LogP contribution in [0, 0.1) is 0 Å². The van der Waals surface area contributed by atoms with E-state index in [1.165, 1.54) is 18.4 Å². The number of hydrogen-bond donors (Lipinski definition) is 2. The first-order chi connectivity index (χ1) is 10.8. The van der Waals surface area contributed by atoms with E-state index in [9.17, 15) is 9.59 Å². The first-order valence-corrected chi connectivity index (χ1v) is 7.98. The maximum atomic E-state index is 12.1. The van der Waals surface area contributed by atoms with Crippen molar-refractivity contribution in [2.75, 3.05) is 17.7 Å². The van der Waals surface area contributed by atoms with Crippen molar-refractivity contribution >= 4 is 34.0 Å². The predicted molar refractivity (Wildman–Crippen MR) is 93.4 cm³/mol. The van der Waals surface area contributed by atoms with E-state index in [1.807, 2.05) is 39.0 Å². The van der Waals surface area contributed by atoms with Crippen molar-refractivity contribution in [3.8, 4) is 0 Å². The summed E-state index contributed by atoms with van der Waals surface area (Å²) < 4.78 is 4.80. The third-order valence-corrected chi connectivity index (χ3v) is 4.61. The van der Waals surface area contributed by atoms with Crippen LogP contribution in [0.1, 0.15) is 36.0 Å². The van der Waals surface area contributed by atoms with Gasteiger partial charge in [0.25, 0.3) is 0 Å². The molecular weight excluding hydrogens is 312 g/mol. The second-order valence-electron chi connectivity index (χ2n) is 6.04. The normalized spacial score (nSPS) is 11.0. The molecule has 0 aliphatic carbocycles. The molecule has 1 heterocycles. The summed E-state index contributed by atoms with van der Waals surface area (Å²) in [5, 5.41) is 5.94. The Balaban J connectivity index is 2.22. The standard InChI is InChI=1S/C17H20N2O3S/c1-17(2,3)13-10-12(15(20)22-4)14(23-13)19-16(21)18-11-8-6-5-7-9-11/h5-10H,1-4H3,(H2,18,19,21). The number of benzene rings is 1. The second kappa shape index (κ2) is 6.83. The molecule has 1 aromatic carbocycles. The molecule has 0 fully saturated rings. The summed E-state index contributed by atoms with van der Waals surface area (Å²) >= 11 is 1.38. The third kappa shape index (κ3) is 4.32. The Morgan fingerprint density at radius 3 is 2.30 bits per heavy atom. The van der Waals surface area contributed by atoms with Gasteiger partial charge < -0.3 is 10.1 Å². The van der Waals surface area contributed by atoms with Gasteiger partial charge in [-0.05, 0) is 23.6 Å². The van der Waals surface area contributed by atoms with Crippen molar-refractivity contribution < 1.29 is 14.3 Å². The van der Waals surface area contributed by atoms with Gasteiger partial charge in [0.15, 0.2) is 0 Å². The van der Waals surface area contributed by atoms with E-state index in [2.05, 4.69) is 10.6 Å². The first-order valence-electron chi connectivity index (χ1n) is 7.17. The molecule has 2 rings (SSSR count). The summed E-state index contributed by atoms with van der Waals surface area (Å²) in [5.74, 6) is -0.466. The van der Waals surface area contributed by atoms with Crippen LogP contribution >= 0.6 is 11.3 Å². The molecule has 0 bridgehead atoms. The lowest BCUT2D eigenvalue weighted by Gasteiger charge is -2.15. The summed E-state index contributed by atoms with van der Waals surface area (Å²) in [7, 11) is 1.32. The maximum Gasteiger partial charge on any atom is 0.340 e. The average molecular weight is 332 g/mol. The van der Waals surface area contributed by atoms with E-state index in [1.54, 1.807) is 18.2 Å². The fourth-order valence-electron chi connectivity index (χ4n) is 1.90. The number of thiophene rings is 1. The predicted octanol–water partition coefficient (Wildman–Crippen LogP) is 4.48. The number of hydrogen-bond acceptors (Lipinski definition) is 4. The fraction of sp³-hybridized carbons (Fsp3) is 0.294. The number of rotatable bonds is 3. The van der Waals surface area contributed by atoms with E-state index in [-0.39, 0.29) is 5.41 Å². The van der Waals surface area contributed by atoms with Gasteiger partial charge >= 0.3 is 12.0 Å². The van der Waals surface area contributed by atoms with Gasteiger partial charge in [-0.1, -0.05) is 39.0 Å². The van der Waals surface area contributed by atoms with Crippen LogP contribution in [0.2, 0.25) is 0 Å². The molecule has 2 N–H and O–H groups in total. The molecule has 0 unspecified atom stereocenters. The molecule has 0 atom stereocenters. The number of methoxy groups -OCH3 is 1. The van der Waals surface area contributed by atoms with Gasteiger partial charge in [-0.2, -0.15) is 0 Å². The van der Waals surface area contributed by atoms with E-state index in [0.717, 1.165) is 4.88 Å². The number of ether oxygens (including phenoxy) is 1. The molecule has 23 heavy (non-hydrogen) atoms. The van der Waals surface area contributed by atoms with E-state index in [4.69, 9.17) is 4.74 Å². The first kappa shape index (κ1) is 17.0. The molecule has 0 spiro atoms. The Bertz CT molecular complexity index is 702. The Morgan fingerprint density at radius 1 is 1.09 bits per heavy atom. The summed E-state index contributed by atoms with van der Waals surface area (Å²) in [4.78, 5) is 25.1. The number of esters is 1. The Labute approximate surface area is 139 Å². The molecule has 122 valence electrons. The van der Waals surface area contributed by atoms with Crippen LogP contribution in [0.25, 0.3) is 0 Å². The number of carbonyl (C=O) groups excluding carboxylic acids is 2. The van der Waals surface area contributed by atoms with Gasteiger partial charge in [0.2, 0.25) is 0 Å². The van der Waals surface area contributed by atoms with Crippen LogP contribution in [0.5, 0.6) is 0 Å². The lowest BCUT2D eigenvalue weighted by atomic mass is 9.94. The molecule has 0 saturated carbocycles. The zero-order valence-electron chi connectivity index (χ0n) is 13.6. The highest BCUT2D eigenvalue weighted by Gasteiger charge is 2.24. The van der Waals surface area contributed by atoms with Crippen molar-refractivity contribution in [2.45, 2.75) is 26.2 Å². The highest BCUT2D eigenvalue weighted by molar-refractivity contribution is 7.16. The minimum atomic E-state index is -0.466. The van der Waals surface area contributed by atoms with E-state index in [0.29, 0.717) is 16.3 Å². The number of anilines is 2. The second-order valence-corrected chi connectivity index (χ2v) is 7.09. The van der Waals surface area contributed by atoms with E-state index < -0.39 is 12.0 Å². The molecule has 2 aromatic rings. The van der Waals surface area contributed by atoms with Crippen molar-refractivity contribution in [2.24, 2.45) is 0 Å². The molecule has 0 aliphatic heterocycles. The van der Waals surface area contributed by atoms with Gasteiger partial charge in [0.05, 0.1) is 12.7 Å². The molecule has 2 amide bonds. The zero-order chi connectivity index (χ0) is 17.0. The summed E-state index contributed by atoms with van der Waals surface area (Å²) in [6, 6.07) is 10.5. The summed E-state index contributed by atoms with van der Waals surface area (Å²) in [5.41, 5.74) is 0.923. The van der Waals surface area contributed by atoms with Gasteiger partial charge in [-0.3, -0.25) is 5.32 Å². The number of carbonyl (C=O) groups is 2. The summed E-state index contributed by atoms with van der Waals surface area (Å²) in [6.07, 6.45) is 0. The van der Waals surface area contributed by atoms with Crippen LogP contribution in [0.3, 0.4) is 0 Å². The van der Waals surface area contributed by atoms with E-state index >= 15 is 0 Å². The monoisotopic (exact) mass is 332 g/mol. The SMILES string of the molecule is COC(=O)c1cc(C(C)(C)C)sc1NC(=O)Nc1ccccc1. The third-order valence-electron chi connectivity index (χ3n) is 3.14. The molecule has 0 saturated heterocycles. The number of nitrogens with one attached hydrogen (secondary N) is 2. The fourth-order valence-corrected chi connectivity index (χ4v) is 3.00. The maximum absolute atomic E-state index is 12.1. The average Bonchev–Trinajstić information content (AvgIpc) is 2.91. The van der Waals surface area contributed by atoms with Crippen molar-refractivity contribution in [3.05, 3.63) is 46.8 Å². The highest BCUT2D eigenvalue weighted by Crippen LogP contribution is 2.36. The minimum absolute atomic E-state index is 0.122. The van der Waals surface area contributed by atoms with Crippen LogP contribution < -0.4 is 10.6 Å². The summed E-state index contributed by atoms with van der Waals surface area (Å²) in [6.45, 7) is 6.15. The largest absolute Gasteiger partial charge is 0.465 e. The molecule has 1 aromatic heterocycles. The molecule has 0 radical (unpaired) electrons. The number of amides is 2. The van der Waals surface area contributed by atoms with Crippen LogP contribution in [-0.2, 0) is 10.2 Å². The lowest BCUT2D eigenvalue weighted by molar-refractivity contribution is 0.0602. The lowest BCUT2D eigenvalue weighted by Crippen LogP contribution is -2.20. The van der Waals surface area contributed by atoms with Crippen molar-refractivity contribution in [3.63, 3.8) is 0 Å². The molecule has 0 aliphatic rings. The minimum Gasteiger partial charge on any atom is -0.465 e. The number of urea groups is 1. The molecular formula is C17H20N2O3S. The van der Waals surface area contributed by atoms with Crippen molar-refractivity contribution in [1.29, 1.82) is 0 Å². The quantitative estimate of drug-likeness (QED) is 0.815. The Kier molecular flexibility index (Phi) is 5.05. The van der Waals surface area contributed by atoms with Gasteiger partial charge in [0, 0.05) is 10.6 Å². The van der Waals surface area contributed by atoms with Crippen molar-refractivity contribution in [1.82, 2.24) is 0 Å². The molecule has 5 nitrogen and oxygen atoms in total. The van der Waals surface area contributed by atoms with Crippen LogP contribution in [0.15, 0.2) is 36.4 Å². The molecule has 6 heteroatoms. The Hall–Kier alpha value is -2.34. The van der Waals surface area contributed by atoms with Gasteiger partial charge in [0.1, 0.15) is 5.00 Å². The Morgan fingerprint density at radius 2 is 1.74 bits per heavy atom. The zero-order valence-corrected chi connectivity index (χ0v) is 14.4. The smallest absolute Gasteiger partial charge is 0.340 e. The van der Waals surface area contributed by atoms with Crippen LogP contribution in [0.4, 0.5) is 15.5 Å². The van der Waals surface area contributed by atoms with Crippen LogP contribution in [-0.4, -0.2) is 19.1 Å². The highest BCUT2D eigenvalue weighted by atomic mass is 32.1. The van der Waals surface area contributed by atoms with Gasteiger partial charge in [-0.25, -0.2) is 9.59 Å². The topological polar surface area (TPSA) is 67.4 Å².